The van der Waals surface area contributed by atoms with Gasteiger partial charge < -0.3 is 4.90 Å². The van der Waals surface area contributed by atoms with E-state index in [1.54, 1.807) is 6.07 Å². The zero-order valence-corrected chi connectivity index (χ0v) is 12.3. The molecule has 2 saturated heterocycles. The molecule has 0 spiro atoms. The Morgan fingerprint density at radius 1 is 0.944 bits per heavy atom. The van der Waals surface area contributed by atoms with Crippen LogP contribution in [0.4, 0.5) is 5.69 Å². The van der Waals surface area contributed by atoms with E-state index >= 15 is 0 Å². The van der Waals surface area contributed by atoms with Gasteiger partial charge >= 0.3 is 0 Å². The molecule has 0 N–H and O–H groups in total. The number of hydrogen-bond donors (Lipinski definition) is 0. The number of halogens is 3. The van der Waals surface area contributed by atoms with Gasteiger partial charge in [-0.25, -0.2) is 0 Å². The van der Waals surface area contributed by atoms with E-state index in [-0.39, 0.29) is 0 Å². The molecular formula is C13H15Cl3N2. The second-order valence-corrected chi connectivity index (χ2v) is 6.22. The first kappa shape index (κ1) is 12.9. The van der Waals surface area contributed by atoms with Crippen LogP contribution in [0.3, 0.4) is 0 Å². The van der Waals surface area contributed by atoms with E-state index in [4.69, 9.17) is 34.8 Å². The summed E-state index contributed by atoms with van der Waals surface area (Å²) in [5, 5.41) is 1.78. The molecule has 1 unspecified atom stereocenters. The fourth-order valence-corrected chi connectivity index (χ4v) is 3.62. The van der Waals surface area contributed by atoms with Crippen molar-refractivity contribution in [3.8, 4) is 0 Å². The average Bonchev–Trinajstić information content (AvgIpc) is 2.80. The van der Waals surface area contributed by atoms with E-state index in [9.17, 15) is 0 Å². The Bertz CT molecular complexity index is 464. The van der Waals surface area contributed by atoms with Crippen LogP contribution in [0.1, 0.15) is 12.8 Å². The Balaban J connectivity index is 1.84. The SMILES string of the molecule is Clc1cc(Cl)c(N2CCN3CCCC3C2)cc1Cl. The third-order valence-corrected chi connectivity index (χ3v) is 4.94. The molecular weight excluding hydrogens is 291 g/mol. The monoisotopic (exact) mass is 304 g/mol. The fraction of sp³-hybridized carbons (Fsp3) is 0.538. The minimum Gasteiger partial charge on any atom is -0.367 e. The van der Waals surface area contributed by atoms with Gasteiger partial charge in [-0.2, -0.15) is 0 Å². The van der Waals surface area contributed by atoms with Gasteiger partial charge in [0.1, 0.15) is 0 Å². The van der Waals surface area contributed by atoms with Gasteiger partial charge in [-0.1, -0.05) is 34.8 Å². The molecule has 5 heteroatoms. The average molecular weight is 306 g/mol. The summed E-state index contributed by atoms with van der Waals surface area (Å²) in [4.78, 5) is 4.90. The third kappa shape index (κ3) is 2.32. The predicted octanol–water partition coefficient (Wildman–Crippen LogP) is 3.93. The summed E-state index contributed by atoms with van der Waals surface area (Å²) in [7, 11) is 0. The second kappa shape index (κ2) is 5.09. The van der Waals surface area contributed by atoms with Gasteiger partial charge in [0.25, 0.3) is 0 Å². The van der Waals surface area contributed by atoms with Crippen molar-refractivity contribution in [3.05, 3.63) is 27.2 Å². The molecule has 0 bridgehead atoms. The number of benzene rings is 1. The standard InChI is InChI=1S/C13H15Cl3N2/c14-10-6-12(16)13(7-11(10)15)18-5-4-17-3-1-2-9(17)8-18/h6-7,9H,1-5,8H2. The topological polar surface area (TPSA) is 6.48 Å². The van der Waals surface area contributed by atoms with Gasteiger partial charge in [-0.3, -0.25) is 4.90 Å². The Kier molecular flexibility index (Phi) is 3.63. The molecule has 2 nitrogen and oxygen atoms in total. The maximum absolute atomic E-state index is 6.28. The van der Waals surface area contributed by atoms with Crippen LogP contribution in [-0.4, -0.2) is 37.1 Å². The molecule has 0 aliphatic carbocycles. The minimum absolute atomic E-state index is 0.518. The molecule has 3 rings (SSSR count). The van der Waals surface area contributed by atoms with Crippen LogP contribution >= 0.6 is 34.8 Å². The molecule has 0 amide bonds. The van der Waals surface area contributed by atoms with Crippen molar-refractivity contribution in [3.63, 3.8) is 0 Å². The molecule has 1 atom stereocenters. The van der Waals surface area contributed by atoms with Crippen molar-refractivity contribution in [1.82, 2.24) is 4.90 Å². The quantitative estimate of drug-likeness (QED) is 0.725. The molecule has 1 aromatic rings. The zero-order chi connectivity index (χ0) is 12.7. The lowest BCUT2D eigenvalue weighted by molar-refractivity contribution is 0.231. The van der Waals surface area contributed by atoms with Crippen LogP contribution in [-0.2, 0) is 0 Å². The Morgan fingerprint density at radius 3 is 2.56 bits per heavy atom. The summed E-state index contributed by atoms with van der Waals surface area (Å²) in [5.41, 5.74) is 1.01. The number of anilines is 1. The van der Waals surface area contributed by atoms with Gasteiger partial charge in [0.2, 0.25) is 0 Å². The van der Waals surface area contributed by atoms with Crippen LogP contribution in [0.15, 0.2) is 12.1 Å². The molecule has 18 heavy (non-hydrogen) atoms. The summed E-state index contributed by atoms with van der Waals surface area (Å²) in [6.07, 6.45) is 2.60. The summed E-state index contributed by atoms with van der Waals surface area (Å²) in [5.74, 6) is 0. The highest BCUT2D eigenvalue weighted by Crippen LogP contribution is 2.36. The van der Waals surface area contributed by atoms with Crippen LogP contribution in [0, 0.1) is 0 Å². The maximum Gasteiger partial charge on any atom is 0.0655 e. The predicted molar refractivity (Wildman–Crippen MR) is 78.3 cm³/mol. The lowest BCUT2D eigenvalue weighted by atomic mass is 10.1. The molecule has 2 aliphatic rings. The van der Waals surface area contributed by atoms with Crippen molar-refractivity contribution in [1.29, 1.82) is 0 Å². The van der Waals surface area contributed by atoms with Crippen LogP contribution in [0.5, 0.6) is 0 Å². The third-order valence-electron chi connectivity index (χ3n) is 3.92. The summed E-state index contributed by atoms with van der Waals surface area (Å²) < 4.78 is 0. The largest absolute Gasteiger partial charge is 0.367 e. The maximum atomic E-state index is 6.28. The van der Waals surface area contributed by atoms with E-state index in [1.807, 2.05) is 6.07 Å². The summed E-state index contributed by atoms with van der Waals surface area (Å²) >= 11 is 18.3. The summed E-state index contributed by atoms with van der Waals surface area (Å²) in [6, 6.07) is 4.29. The van der Waals surface area contributed by atoms with E-state index in [0.29, 0.717) is 21.1 Å². The molecule has 98 valence electrons. The van der Waals surface area contributed by atoms with Gasteiger partial charge in [0.15, 0.2) is 0 Å². The van der Waals surface area contributed by atoms with E-state index in [0.717, 1.165) is 25.3 Å². The van der Waals surface area contributed by atoms with Gasteiger partial charge in [-0.15, -0.1) is 0 Å². The first-order chi connectivity index (χ1) is 8.65. The van der Waals surface area contributed by atoms with Crippen LogP contribution in [0.25, 0.3) is 0 Å². The number of hydrogen-bond acceptors (Lipinski definition) is 2. The molecule has 2 fully saturated rings. The van der Waals surface area contributed by atoms with E-state index in [2.05, 4.69) is 9.80 Å². The lowest BCUT2D eigenvalue weighted by Gasteiger charge is -2.39. The zero-order valence-electron chi connectivity index (χ0n) is 10.0. The normalized spacial score (nSPS) is 24.4. The van der Waals surface area contributed by atoms with Gasteiger partial charge in [0, 0.05) is 25.7 Å². The highest BCUT2D eigenvalue weighted by atomic mass is 35.5. The molecule has 0 radical (unpaired) electrons. The first-order valence-electron chi connectivity index (χ1n) is 6.28. The van der Waals surface area contributed by atoms with E-state index in [1.165, 1.54) is 19.4 Å². The Hall–Kier alpha value is -0.150. The number of fused-ring (bicyclic) bond motifs is 1. The fourth-order valence-electron chi connectivity index (χ4n) is 2.96. The molecule has 0 saturated carbocycles. The van der Waals surface area contributed by atoms with Gasteiger partial charge in [0.05, 0.1) is 20.8 Å². The van der Waals surface area contributed by atoms with E-state index < -0.39 is 0 Å². The molecule has 0 aromatic heterocycles. The Labute approximate surface area is 122 Å². The van der Waals surface area contributed by atoms with Crippen LogP contribution in [0.2, 0.25) is 15.1 Å². The van der Waals surface area contributed by atoms with Crippen molar-refractivity contribution in [2.45, 2.75) is 18.9 Å². The highest BCUT2D eigenvalue weighted by Gasteiger charge is 2.31. The van der Waals surface area contributed by atoms with Gasteiger partial charge in [-0.05, 0) is 31.5 Å². The van der Waals surface area contributed by atoms with Crippen molar-refractivity contribution in [2.24, 2.45) is 0 Å². The van der Waals surface area contributed by atoms with Crippen LogP contribution < -0.4 is 4.90 Å². The van der Waals surface area contributed by atoms with Crippen molar-refractivity contribution < 1.29 is 0 Å². The number of piperazine rings is 1. The number of nitrogens with zero attached hydrogens (tertiary/aromatic N) is 2. The highest BCUT2D eigenvalue weighted by molar-refractivity contribution is 6.44. The Morgan fingerprint density at radius 2 is 1.72 bits per heavy atom. The number of rotatable bonds is 1. The summed E-state index contributed by atoms with van der Waals surface area (Å²) in [6.45, 7) is 4.40. The molecule has 1 aromatic carbocycles. The smallest absolute Gasteiger partial charge is 0.0655 e. The minimum atomic E-state index is 0.518. The first-order valence-corrected chi connectivity index (χ1v) is 7.42. The molecule has 2 heterocycles. The van der Waals surface area contributed by atoms with Crippen molar-refractivity contribution in [2.75, 3.05) is 31.1 Å². The lowest BCUT2D eigenvalue weighted by Crippen LogP contribution is -2.50. The van der Waals surface area contributed by atoms with Crippen molar-refractivity contribution >= 4 is 40.5 Å². The molecule has 2 aliphatic heterocycles. The second-order valence-electron chi connectivity index (χ2n) is 5.00.